The molecular formula is C20H37NO11. The van der Waals surface area contributed by atoms with Crippen molar-refractivity contribution in [2.45, 2.75) is 25.7 Å². The Morgan fingerprint density at radius 3 is 1.28 bits per heavy atom. The lowest BCUT2D eigenvalue weighted by Gasteiger charge is -2.08. The molecule has 12 heteroatoms. The van der Waals surface area contributed by atoms with E-state index in [4.69, 9.17) is 38.6 Å². The van der Waals surface area contributed by atoms with Gasteiger partial charge in [0, 0.05) is 19.4 Å². The number of hydrogen-bond acceptors (Lipinski definition) is 9. The molecule has 12 nitrogen and oxygen atoms in total. The number of carboxylic acid groups (broad SMARTS) is 2. The van der Waals surface area contributed by atoms with Crippen LogP contribution in [0.3, 0.4) is 0 Å². The van der Waals surface area contributed by atoms with Crippen LogP contribution in [-0.2, 0) is 42.8 Å². The summed E-state index contributed by atoms with van der Waals surface area (Å²) in [5, 5.41) is 19.6. The molecule has 0 spiro atoms. The Bertz CT molecular complexity index is 476. The first kappa shape index (κ1) is 30.2. The maximum atomic E-state index is 11.4. The first-order valence-electron chi connectivity index (χ1n) is 10.7. The fourth-order valence-corrected chi connectivity index (χ4v) is 2.11. The minimum Gasteiger partial charge on any atom is -0.481 e. The minimum atomic E-state index is -0.905. The molecule has 0 rings (SSSR count). The summed E-state index contributed by atoms with van der Waals surface area (Å²) < 4.78 is 31.7. The highest BCUT2D eigenvalue weighted by Crippen LogP contribution is 1.94. The third-order valence-corrected chi connectivity index (χ3v) is 3.68. The van der Waals surface area contributed by atoms with Crippen LogP contribution < -0.4 is 5.32 Å². The van der Waals surface area contributed by atoms with Gasteiger partial charge < -0.3 is 44.0 Å². The zero-order valence-corrected chi connectivity index (χ0v) is 18.6. The number of carbonyl (C=O) groups is 3. The molecular weight excluding hydrogens is 430 g/mol. The van der Waals surface area contributed by atoms with Gasteiger partial charge in [-0.2, -0.15) is 0 Å². The molecule has 0 atom stereocenters. The first-order valence-corrected chi connectivity index (χ1v) is 10.7. The first-order chi connectivity index (χ1) is 15.5. The van der Waals surface area contributed by atoms with E-state index in [1.54, 1.807) is 0 Å². The number of hydrogen-bond donors (Lipinski definition) is 3. The smallest absolute Gasteiger partial charge is 0.305 e. The molecule has 188 valence electrons. The number of aliphatic carboxylic acids is 2. The second kappa shape index (κ2) is 23.8. The van der Waals surface area contributed by atoms with Gasteiger partial charge in [-0.05, 0) is 6.42 Å². The summed E-state index contributed by atoms with van der Waals surface area (Å²) in [4.78, 5) is 32.0. The molecule has 0 aromatic heterocycles. The lowest BCUT2D eigenvalue weighted by atomic mass is 10.2. The number of rotatable bonds is 25. The van der Waals surface area contributed by atoms with E-state index in [1.165, 1.54) is 0 Å². The van der Waals surface area contributed by atoms with Gasteiger partial charge in [0.05, 0.1) is 85.7 Å². The molecule has 0 bridgehead atoms. The van der Waals surface area contributed by atoms with Crippen molar-refractivity contribution >= 4 is 17.8 Å². The zero-order valence-electron chi connectivity index (χ0n) is 18.6. The SMILES string of the molecule is O=C(O)CCCC(=O)NCCOCCOCCOCCOCCOCCOCCC(=O)O. The van der Waals surface area contributed by atoms with Crippen LogP contribution in [0.1, 0.15) is 25.7 Å². The van der Waals surface area contributed by atoms with Gasteiger partial charge in [-0.3, -0.25) is 14.4 Å². The largest absolute Gasteiger partial charge is 0.481 e. The van der Waals surface area contributed by atoms with Crippen molar-refractivity contribution in [3.05, 3.63) is 0 Å². The molecule has 0 radical (unpaired) electrons. The van der Waals surface area contributed by atoms with Crippen molar-refractivity contribution in [2.24, 2.45) is 0 Å². The van der Waals surface area contributed by atoms with Crippen molar-refractivity contribution in [1.82, 2.24) is 5.32 Å². The maximum absolute atomic E-state index is 11.4. The molecule has 0 fully saturated rings. The number of ether oxygens (including phenoxy) is 6. The Morgan fingerprint density at radius 2 is 0.875 bits per heavy atom. The molecule has 0 aromatic rings. The molecule has 0 aromatic carbocycles. The van der Waals surface area contributed by atoms with E-state index in [2.05, 4.69) is 5.32 Å². The molecule has 0 aliphatic heterocycles. The monoisotopic (exact) mass is 467 g/mol. The molecule has 0 heterocycles. The standard InChI is InChI=1S/C20H37NO11/c22-18(2-1-3-19(23)24)21-5-7-28-9-11-30-13-15-32-17-16-31-14-12-29-10-8-27-6-4-20(25)26/h1-17H2,(H,21,22)(H,23,24)(H,25,26). The van der Waals surface area contributed by atoms with E-state index in [0.717, 1.165) is 0 Å². The highest BCUT2D eigenvalue weighted by Gasteiger charge is 2.03. The Kier molecular flexibility index (Phi) is 22.5. The number of carboxylic acids is 2. The minimum absolute atomic E-state index is 0.0108. The highest BCUT2D eigenvalue weighted by molar-refractivity contribution is 5.76. The third-order valence-electron chi connectivity index (χ3n) is 3.68. The lowest BCUT2D eigenvalue weighted by molar-refractivity contribution is -0.139. The van der Waals surface area contributed by atoms with Gasteiger partial charge in [-0.25, -0.2) is 0 Å². The molecule has 0 aliphatic rings. The van der Waals surface area contributed by atoms with Crippen LogP contribution >= 0.6 is 0 Å². The highest BCUT2D eigenvalue weighted by atomic mass is 16.6. The van der Waals surface area contributed by atoms with Crippen LogP contribution in [-0.4, -0.2) is 114 Å². The molecule has 1 amide bonds. The summed E-state index contributed by atoms with van der Waals surface area (Å²) >= 11 is 0. The van der Waals surface area contributed by atoms with Gasteiger partial charge in [0.1, 0.15) is 0 Å². The van der Waals surface area contributed by atoms with E-state index in [0.29, 0.717) is 85.6 Å². The number of nitrogens with one attached hydrogen (secondary N) is 1. The van der Waals surface area contributed by atoms with E-state index in [1.807, 2.05) is 0 Å². The van der Waals surface area contributed by atoms with Crippen LogP contribution in [0.2, 0.25) is 0 Å². The Hall–Kier alpha value is -1.83. The number of carbonyl (C=O) groups excluding carboxylic acids is 1. The van der Waals surface area contributed by atoms with Crippen LogP contribution in [0.4, 0.5) is 0 Å². The maximum Gasteiger partial charge on any atom is 0.305 e. The van der Waals surface area contributed by atoms with Gasteiger partial charge in [0.15, 0.2) is 0 Å². The van der Waals surface area contributed by atoms with E-state index in [9.17, 15) is 14.4 Å². The second-order valence-corrected chi connectivity index (χ2v) is 6.42. The van der Waals surface area contributed by atoms with Crippen molar-refractivity contribution in [2.75, 3.05) is 85.8 Å². The predicted molar refractivity (Wildman–Crippen MR) is 112 cm³/mol. The van der Waals surface area contributed by atoms with Crippen molar-refractivity contribution < 1.29 is 53.0 Å². The summed E-state index contributed by atoms with van der Waals surface area (Å²) in [6.07, 6.45) is 0.500. The molecule has 0 unspecified atom stereocenters. The van der Waals surface area contributed by atoms with Crippen molar-refractivity contribution in [1.29, 1.82) is 0 Å². The molecule has 3 N–H and O–H groups in total. The van der Waals surface area contributed by atoms with Crippen molar-refractivity contribution in [3.8, 4) is 0 Å². The Balaban J connectivity index is 3.11. The summed E-state index contributed by atoms with van der Waals surface area (Å²) in [6, 6.07) is 0. The van der Waals surface area contributed by atoms with Crippen LogP contribution in [0, 0.1) is 0 Å². The third kappa shape index (κ3) is 26.2. The van der Waals surface area contributed by atoms with Crippen LogP contribution in [0.25, 0.3) is 0 Å². The van der Waals surface area contributed by atoms with Crippen LogP contribution in [0.15, 0.2) is 0 Å². The normalized spacial score (nSPS) is 10.9. The fourth-order valence-electron chi connectivity index (χ4n) is 2.11. The van der Waals surface area contributed by atoms with E-state index < -0.39 is 11.9 Å². The van der Waals surface area contributed by atoms with E-state index in [-0.39, 0.29) is 31.8 Å². The quantitative estimate of drug-likeness (QED) is 0.154. The Labute approximate surface area is 188 Å². The zero-order chi connectivity index (χ0) is 23.7. The summed E-state index contributed by atoms with van der Waals surface area (Å²) in [5.74, 6) is -1.97. The average Bonchev–Trinajstić information content (AvgIpc) is 2.74. The fraction of sp³-hybridized carbons (Fsp3) is 0.850. The molecule has 0 saturated carbocycles. The van der Waals surface area contributed by atoms with Gasteiger partial charge in [-0.1, -0.05) is 0 Å². The topological polar surface area (TPSA) is 159 Å². The summed E-state index contributed by atoms with van der Waals surface area (Å²) in [5.41, 5.74) is 0. The lowest BCUT2D eigenvalue weighted by Crippen LogP contribution is -2.27. The number of amides is 1. The average molecular weight is 468 g/mol. The van der Waals surface area contributed by atoms with Crippen LogP contribution in [0.5, 0.6) is 0 Å². The predicted octanol–water partition coefficient (Wildman–Crippen LogP) is -0.0682. The van der Waals surface area contributed by atoms with Gasteiger partial charge in [0.2, 0.25) is 5.91 Å². The van der Waals surface area contributed by atoms with Gasteiger partial charge >= 0.3 is 11.9 Å². The summed E-state index contributed by atoms with van der Waals surface area (Å²) in [6.45, 7) is 5.15. The molecule has 32 heavy (non-hydrogen) atoms. The second-order valence-electron chi connectivity index (χ2n) is 6.42. The van der Waals surface area contributed by atoms with Gasteiger partial charge in [0.25, 0.3) is 0 Å². The molecule has 0 saturated heterocycles. The molecule has 0 aliphatic carbocycles. The summed E-state index contributed by atoms with van der Waals surface area (Å²) in [7, 11) is 0. The van der Waals surface area contributed by atoms with E-state index >= 15 is 0 Å². The van der Waals surface area contributed by atoms with Crippen molar-refractivity contribution in [3.63, 3.8) is 0 Å². The Morgan fingerprint density at radius 1 is 0.500 bits per heavy atom. The van der Waals surface area contributed by atoms with Gasteiger partial charge in [-0.15, -0.1) is 0 Å².